The number of carbonyl (C=O) groups is 1. The van der Waals surface area contributed by atoms with Crippen LogP contribution in [-0.4, -0.2) is 17.7 Å². The summed E-state index contributed by atoms with van der Waals surface area (Å²) in [5, 5.41) is 11.0. The zero-order valence-corrected chi connectivity index (χ0v) is 8.93. The van der Waals surface area contributed by atoms with Crippen molar-refractivity contribution in [1.82, 2.24) is 0 Å². The minimum Gasteiger partial charge on any atom is -0.493 e. The summed E-state index contributed by atoms with van der Waals surface area (Å²) in [6, 6.07) is 11.0. The Hall–Kier alpha value is -2.03. The fourth-order valence-electron chi connectivity index (χ4n) is 1.66. The van der Waals surface area contributed by atoms with E-state index in [1.807, 2.05) is 31.2 Å². The van der Waals surface area contributed by atoms with Gasteiger partial charge in [-0.2, -0.15) is 0 Å². The minimum atomic E-state index is -0.964. The fourth-order valence-corrected chi connectivity index (χ4v) is 1.66. The number of rotatable bonds is 3. The van der Waals surface area contributed by atoms with Gasteiger partial charge in [0, 0.05) is 0 Å². The summed E-state index contributed by atoms with van der Waals surface area (Å²) in [6.07, 6.45) is 0. The Bertz CT molecular complexity index is 532. The molecule has 16 heavy (non-hydrogen) atoms. The average molecular weight is 216 g/mol. The molecule has 0 aliphatic rings. The summed E-state index contributed by atoms with van der Waals surface area (Å²) in [5.41, 5.74) is 0.209. The van der Waals surface area contributed by atoms with Gasteiger partial charge in [0.2, 0.25) is 0 Å². The van der Waals surface area contributed by atoms with Crippen molar-refractivity contribution < 1.29 is 14.6 Å². The second kappa shape index (κ2) is 4.23. The summed E-state index contributed by atoms with van der Waals surface area (Å²) >= 11 is 0. The maximum atomic E-state index is 11.1. The van der Waals surface area contributed by atoms with E-state index in [1.165, 1.54) is 0 Å². The highest BCUT2D eigenvalue weighted by atomic mass is 16.5. The number of carboxylic acids is 1. The molecule has 0 amide bonds. The summed E-state index contributed by atoms with van der Waals surface area (Å²) < 4.78 is 5.33. The van der Waals surface area contributed by atoms with E-state index in [2.05, 4.69) is 0 Å². The molecular weight excluding hydrogens is 204 g/mol. The van der Waals surface area contributed by atoms with E-state index in [9.17, 15) is 4.79 Å². The quantitative estimate of drug-likeness (QED) is 0.858. The first-order valence-corrected chi connectivity index (χ1v) is 5.11. The molecule has 0 saturated carbocycles. The topological polar surface area (TPSA) is 46.5 Å². The van der Waals surface area contributed by atoms with E-state index < -0.39 is 5.97 Å². The Morgan fingerprint density at radius 2 is 1.88 bits per heavy atom. The van der Waals surface area contributed by atoms with Crippen molar-refractivity contribution in [3.8, 4) is 5.75 Å². The van der Waals surface area contributed by atoms with Crippen LogP contribution in [0.4, 0.5) is 0 Å². The third-order valence-electron chi connectivity index (χ3n) is 2.38. The first-order chi connectivity index (χ1) is 7.72. The van der Waals surface area contributed by atoms with Gasteiger partial charge in [-0.1, -0.05) is 24.3 Å². The molecule has 0 unspecified atom stereocenters. The molecule has 2 aromatic rings. The molecule has 2 rings (SSSR count). The van der Waals surface area contributed by atoms with Crippen LogP contribution in [0.1, 0.15) is 17.3 Å². The second-order valence-electron chi connectivity index (χ2n) is 3.43. The van der Waals surface area contributed by atoms with E-state index in [0.29, 0.717) is 12.4 Å². The van der Waals surface area contributed by atoms with Crippen molar-refractivity contribution in [2.45, 2.75) is 6.92 Å². The van der Waals surface area contributed by atoms with Crippen molar-refractivity contribution in [3.63, 3.8) is 0 Å². The minimum absolute atomic E-state index is 0.209. The molecule has 1 N–H and O–H groups in total. The normalized spacial score (nSPS) is 10.3. The summed E-state index contributed by atoms with van der Waals surface area (Å²) in [6.45, 7) is 2.29. The molecule has 0 spiro atoms. The molecule has 0 saturated heterocycles. The predicted molar refractivity (Wildman–Crippen MR) is 62.1 cm³/mol. The SMILES string of the molecule is CCOc1cc2ccccc2cc1C(=O)O. The van der Waals surface area contributed by atoms with Gasteiger partial charge in [-0.15, -0.1) is 0 Å². The van der Waals surface area contributed by atoms with Gasteiger partial charge in [-0.05, 0) is 29.8 Å². The Kier molecular flexibility index (Phi) is 2.77. The van der Waals surface area contributed by atoms with Gasteiger partial charge >= 0.3 is 5.97 Å². The van der Waals surface area contributed by atoms with Crippen LogP contribution in [0.5, 0.6) is 5.75 Å². The van der Waals surface area contributed by atoms with E-state index in [4.69, 9.17) is 9.84 Å². The highest BCUT2D eigenvalue weighted by molar-refractivity contribution is 5.97. The Labute approximate surface area is 93.3 Å². The molecule has 2 aromatic carbocycles. The van der Waals surface area contributed by atoms with Crippen molar-refractivity contribution >= 4 is 16.7 Å². The molecule has 3 nitrogen and oxygen atoms in total. The van der Waals surface area contributed by atoms with E-state index in [0.717, 1.165) is 10.8 Å². The number of hydrogen-bond donors (Lipinski definition) is 1. The molecular formula is C13H12O3. The van der Waals surface area contributed by atoms with E-state index >= 15 is 0 Å². The number of carboxylic acid groups (broad SMARTS) is 1. The third-order valence-corrected chi connectivity index (χ3v) is 2.38. The molecule has 0 bridgehead atoms. The molecule has 0 heterocycles. The van der Waals surface area contributed by atoms with Gasteiger partial charge in [-0.25, -0.2) is 4.79 Å². The zero-order chi connectivity index (χ0) is 11.5. The van der Waals surface area contributed by atoms with Crippen LogP contribution in [0.2, 0.25) is 0 Å². The first-order valence-electron chi connectivity index (χ1n) is 5.11. The van der Waals surface area contributed by atoms with Crippen LogP contribution in [0.3, 0.4) is 0 Å². The molecule has 0 fully saturated rings. The maximum absolute atomic E-state index is 11.1. The van der Waals surface area contributed by atoms with Crippen molar-refractivity contribution in [3.05, 3.63) is 42.0 Å². The molecule has 0 aliphatic heterocycles. The van der Waals surface area contributed by atoms with Crippen LogP contribution < -0.4 is 4.74 Å². The number of ether oxygens (including phenoxy) is 1. The smallest absolute Gasteiger partial charge is 0.339 e. The van der Waals surface area contributed by atoms with Crippen LogP contribution in [0, 0.1) is 0 Å². The lowest BCUT2D eigenvalue weighted by Gasteiger charge is -2.08. The Morgan fingerprint density at radius 3 is 2.44 bits per heavy atom. The number of fused-ring (bicyclic) bond motifs is 1. The van der Waals surface area contributed by atoms with E-state index in [1.54, 1.807) is 12.1 Å². The van der Waals surface area contributed by atoms with Gasteiger partial charge in [0.1, 0.15) is 11.3 Å². The Balaban J connectivity index is 2.65. The Morgan fingerprint density at radius 1 is 1.25 bits per heavy atom. The maximum Gasteiger partial charge on any atom is 0.339 e. The molecule has 0 aliphatic carbocycles. The van der Waals surface area contributed by atoms with Crippen LogP contribution >= 0.6 is 0 Å². The molecule has 0 radical (unpaired) electrons. The predicted octanol–water partition coefficient (Wildman–Crippen LogP) is 2.94. The first kappa shape index (κ1) is 10.5. The lowest BCUT2D eigenvalue weighted by Crippen LogP contribution is -2.02. The number of aromatic carboxylic acids is 1. The zero-order valence-electron chi connectivity index (χ0n) is 8.93. The van der Waals surface area contributed by atoms with Gasteiger partial charge in [0.15, 0.2) is 0 Å². The lowest BCUT2D eigenvalue weighted by atomic mass is 10.1. The molecule has 82 valence electrons. The summed E-state index contributed by atoms with van der Waals surface area (Å²) in [5.74, 6) is -0.539. The third kappa shape index (κ3) is 1.84. The van der Waals surface area contributed by atoms with Crippen molar-refractivity contribution in [1.29, 1.82) is 0 Å². The summed E-state index contributed by atoms with van der Waals surface area (Å²) in [4.78, 5) is 11.1. The van der Waals surface area contributed by atoms with Gasteiger partial charge in [0.05, 0.1) is 6.61 Å². The average Bonchev–Trinajstić information content (AvgIpc) is 2.28. The van der Waals surface area contributed by atoms with Crippen molar-refractivity contribution in [2.24, 2.45) is 0 Å². The standard InChI is InChI=1S/C13H12O3/c1-2-16-12-8-10-6-4-3-5-9(10)7-11(12)13(14)15/h3-8H,2H2,1H3,(H,14,15). The van der Waals surface area contributed by atoms with Crippen LogP contribution in [0.25, 0.3) is 10.8 Å². The largest absolute Gasteiger partial charge is 0.493 e. The highest BCUT2D eigenvalue weighted by Gasteiger charge is 2.12. The van der Waals surface area contributed by atoms with Crippen LogP contribution in [-0.2, 0) is 0 Å². The van der Waals surface area contributed by atoms with Crippen LogP contribution in [0.15, 0.2) is 36.4 Å². The number of benzene rings is 2. The van der Waals surface area contributed by atoms with Crippen molar-refractivity contribution in [2.75, 3.05) is 6.61 Å². The number of hydrogen-bond acceptors (Lipinski definition) is 2. The monoisotopic (exact) mass is 216 g/mol. The molecule has 0 atom stereocenters. The molecule has 3 heteroatoms. The highest BCUT2D eigenvalue weighted by Crippen LogP contribution is 2.26. The molecule has 0 aromatic heterocycles. The van der Waals surface area contributed by atoms with Gasteiger partial charge in [-0.3, -0.25) is 0 Å². The van der Waals surface area contributed by atoms with Gasteiger partial charge in [0.25, 0.3) is 0 Å². The second-order valence-corrected chi connectivity index (χ2v) is 3.43. The summed E-state index contributed by atoms with van der Waals surface area (Å²) in [7, 11) is 0. The fraction of sp³-hybridized carbons (Fsp3) is 0.154. The van der Waals surface area contributed by atoms with Gasteiger partial charge < -0.3 is 9.84 Å². The van der Waals surface area contributed by atoms with E-state index in [-0.39, 0.29) is 5.56 Å². The lowest BCUT2D eigenvalue weighted by molar-refractivity contribution is 0.0693.